The first-order valence-corrected chi connectivity index (χ1v) is 9.27. The summed E-state index contributed by atoms with van der Waals surface area (Å²) in [7, 11) is 0. The zero-order valence-electron chi connectivity index (χ0n) is 16.5. The van der Waals surface area contributed by atoms with Gasteiger partial charge in [-0.1, -0.05) is 42.0 Å². The molecule has 0 aliphatic rings. The molecule has 0 unspecified atom stereocenters. The molecule has 3 rings (SSSR count). The molecule has 3 aromatic rings. The van der Waals surface area contributed by atoms with Gasteiger partial charge in [0.15, 0.2) is 6.10 Å². The first-order valence-electron chi connectivity index (χ1n) is 9.27. The van der Waals surface area contributed by atoms with Crippen LogP contribution in [0, 0.1) is 17.0 Å². The quantitative estimate of drug-likeness (QED) is 0.346. The Kier molecular flexibility index (Phi) is 6.22. The predicted molar refractivity (Wildman–Crippen MR) is 113 cm³/mol. The molecular weight excluding hydrogens is 384 g/mol. The van der Waals surface area contributed by atoms with Crippen LogP contribution in [0.4, 0.5) is 11.4 Å². The molecule has 0 saturated carbocycles. The van der Waals surface area contributed by atoms with E-state index in [0.29, 0.717) is 17.0 Å². The van der Waals surface area contributed by atoms with Gasteiger partial charge in [0.05, 0.1) is 4.92 Å². The second kappa shape index (κ2) is 9.00. The highest BCUT2D eigenvalue weighted by Gasteiger charge is 2.20. The summed E-state index contributed by atoms with van der Waals surface area (Å²) in [6.07, 6.45) is -0.680. The highest BCUT2D eigenvalue weighted by atomic mass is 16.6. The Balaban J connectivity index is 1.65. The molecule has 1 atom stereocenters. The standard InChI is InChI=1S/C23H20N2O5/c1-15-7-9-17(10-8-15)22(26)16(2)30-19-13-11-18(12-14-19)24-23(27)20-5-3-4-6-21(20)25(28)29/h3-14,16H,1-2H3,(H,24,27)/t16-/m1/s1. The van der Waals surface area contributed by atoms with E-state index in [1.54, 1.807) is 49.4 Å². The molecule has 3 aromatic carbocycles. The van der Waals surface area contributed by atoms with Crippen molar-refractivity contribution in [2.75, 3.05) is 5.32 Å². The van der Waals surface area contributed by atoms with Gasteiger partial charge in [-0.3, -0.25) is 19.7 Å². The van der Waals surface area contributed by atoms with Gasteiger partial charge in [-0.05, 0) is 44.2 Å². The number of nitro benzene ring substituents is 1. The molecule has 0 aromatic heterocycles. The van der Waals surface area contributed by atoms with E-state index in [-0.39, 0.29) is 17.0 Å². The molecule has 0 bridgehead atoms. The number of hydrogen-bond donors (Lipinski definition) is 1. The number of nitrogens with one attached hydrogen (secondary N) is 1. The Bertz CT molecular complexity index is 1080. The van der Waals surface area contributed by atoms with E-state index in [1.165, 1.54) is 18.2 Å². The molecule has 30 heavy (non-hydrogen) atoms. The molecule has 0 heterocycles. The lowest BCUT2D eigenvalue weighted by atomic mass is 10.1. The summed E-state index contributed by atoms with van der Waals surface area (Å²) < 4.78 is 5.70. The number of Topliss-reactive ketones (excluding diaryl/α,β-unsaturated/α-hetero) is 1. The minimum atomic E-state index is -0.680. The van der Waals surface area contributed by atoms with E-state index in [2.05, 4.69) is 5.32 Å². The number of nitrogens with zero attached hydrogens (tertiary/aromatic N) is 1. The molecule has 0 aliphatic heterocycles. The molecule has 152 valence electrons. The number of aryl methyl sites for hydroxylation is 1. The number of anilines is 1. The number of benzene rings is 3. The third kappa shape index (κ3) is 4.88. The molecule has 7 heteroatoms. The maximum Gasteiger partial charge on any atom is 0.282 e. The Morgan fingerprint density at radius 2 is 1.60 bits per heavy atom. The summed E-state index contributed by atoms with van der Waals surface area (Å²) in [6.45, 7) is 3.62. The van der Waals surface area contributed by atoms with Crippen molar-refractivity contribution in [3.8, 4) is 5.75 Å². The van der Waals surface area contributed by atoms with Crippen molar-refractivity contribution in [2.24, 2.45) is 0 Å². The van der Waals surface area contributed by atoms with Crippen molar-refractivity contribution in [3.63, 3.8) is 0 Å². The van der Waals surface area contributed by atoms with Crippen molar-refractivity contribution in [2.45, 2.75) is 20.0 Å². The smallest absolute Gasteiger partial charge is 0.282 e. The molecule has 1 N–H and O–H groups in total. The second-order valence-corrected chi connectivity index (χ2v) is 6.74. The third-order valence-electron chi connectivity index (χ3n) is 4.48. The predicted octanol–water partition coefficient (Wildman–Crippen LogP) is 4.81. The Hall–Kier alpha value is -4.00. The number of nitro groups is 1. The first-order chi connectivity index (χ1) is 14.3. The number of amides is 1. The molecule has 0 radical (unpaired) electrons. The fourth-order valence-corrected chi connectivity index (χ4v) is 2.85. The van der Waals surface area contributed by atoms with E-state index in [9.17, 15) is 19.7 Å². The summed E-state index contributed by atoms with van der Waals surface area (Å²) in [5.41, 5.74) is 1.79. The molecule has 0 aliphatic carbocycles. The van der Waals surface area contributed by atoms with Crippen LogP contribution in [-0.4, -0.2) is 22.7 Å². The highest BCUT2D eigenvalue weighted by molar-refractivity contribution is 6.07. The van der Waals surface area contributed by atoms with E-state index < -0.39 is 16.9 Å². The van der Waals surface area contributed by atoms with E-state index in [4.69, 9.17) is 4.74 Å². The van der Waals surface area contributed by atoms with Gasteiger partial charge in [-0.15, -0.1) is 0 Å². The largest absolute Gasteiger partial charge is 0.483 e. The minimum absolute atomic E-state index is 0.0276. The lowest BCUT2D eigenvalue weighted by Gasteiger charge is -2.14. The summed E-state index contributed by atoms with van der Waals surface area (Å²) >= 11 is 0. The van der Waals surface area contributed by atoms with Crippen LogP contribution in [0.15, 0.2) is 72.8 Å². The monoisotopic (exact) mass is 404 g/mol. The molecule has 0 fully saturated rings. The molecule has 1 amide bonds. The fraction of sp³-hybridized carbons (Fsp3) is 0.130. The molecule has 7 nitrogen and oxygen atoms in total. The summed E-state index contributed by atoms with van der Waals surface area (Å²) in [4.78, 5) is 35.3. The molecule has 0 spiro atoms. The van der Waals surface area contributed by atoms with E-state index >= 15 is 0 Å². The Labute approximate surface area is 173 Å². The van der Waals surface area contributed by atoms with Gasteiger partial charge < -0.3 is 10.1 Å². The van der Waals surface area contributed by atoms with Crippen molar-refractivity contribution in [1.29, 1.82) is 0 Å². The lowest BCUT2D eigenvalue weighted by Crippen LogP contribution is -2.23. The van der Waals surface area contributed by atoms with Crippen LogP contribution >= 0.6 is 0 Å². The van der Waals surface area contributed by atoms with Crippen LogP contribution in [0.3, 0.4) is 0 Å². The normalized spacial score (nSPS) is 11.4. The summed E-state index contributed by atoms with van der Waals surface area (Å²) in [5, 5.41) is 13.7. The number of ketones is 1. The number of ether oxygens (including phenoxy) is 1. The van der Waals surface area contributed by atoms with Crippen molar-refractivity contribution in [3.05, 3.63) is 99.6 Å². The summed E-state index contributed by atoms with van der Waals surface area (Å²) in [6, 6.07) is 19.4. The highest BCUT2D eigenvalue weighted by Crippen LogP contribution is 2.22. The topological polar surface area (TPSA) is 98.5 Å². The first kappa shape index (κ1) is 20.7. The van der Waals surface area contributed by atoms with Crippen LogP contribution in [-0.2, 0) is 0 Å². The Morgan fingerprint density at radius 1 is 0.967 bits per heavy atom. The average molecular weight is 404 g/mol. The van der Waals surface area contributed by atoms with Crippen LogP contribution in [0.2, 0.25) is 0 Å². The van der Waals surface area contributed by atoms with Gasteiger partial charge in [-0.25, -0.2) is 0 Å². The van der Waals surface area contributed by atoms with Crippen LogP contribution in [0.5, 0.6) is 5.75 Å². The maximum atomic E-state index is 12.5. The summed E-state index contributed by atoms with van der Waals surface area (Å²) in [5.74, 6) is -0.255. The zero-order valence-corrected chi connectivity index (χ0v) is 16.5. The fourth-order valence-electron chi connectivity index (χ4n) is 2.85. The van der Waals surface area contributed by atoms with Gasteiger partial charge in [0.1, 0.15) is 11.3 Å². The Morgan fingerprint density at radius 3 is 2.23 bits per heavy atom. The molecule has 0 saturated heterocycles. The van der Waals surface area contributed by atoms with Crippen LogP contribution in [0.25, 0.3) is 0 Å². The third-order valence-corrected chi connectivity index (χ3v) is 4.48. The number of carbonyl (C=O) groups excluding carboxylic acids is 2. The van der Waals surface area contributed by atoms with Gasteiger partial charge in [0.25, 0.3) is 11.6 Å². The number of para-hydroxylation sites is 1. The van der Waals surface area contributed by atoms with Crippen molar-refractivity contribution in [1.82, 2.24) is 0 Å². The van der Waals surface area contributed by atoms with Crippen LogP contribution in [0.1, 0.15) is 33.2 Å². The molecular formula is C23H20N2O5. The van der Waals surface area contributed by atoms with Gasteiger partial charge in [-0.2, -0.15) is 0 Å². The van der Waals surface area contributed by atoms with Crippen molar-refractivity contribution >= 4 is 23.1 Å². The number of hydrogen-bond acceptors (Lipinski definition) is 5. The van der Waals surface area contributed by atoms with Gasteiger partial charge in [0.2, 0.25) is 5.78 Å². The maximum absolute atomic E-state index is 12.5. The van der Waals surface area contributed by atoms with Gasteiger partial charge in [0, 0.05) is 17.3 Å². The van der Waals surface area contributed by atoms with E-state index in [0.717, 1.165) is 5.56 Å². The second-order valence-electron chi connectivity index (χ2n) is 6.74. The lowest BCUT2D eigenvalue weighted by molar-refractivity contribution is -0.385. The SMILES string of the molecule is Cc1ccc(C(=O)[C@@H](C)Oc2ccc(NC(=O)c3ccccc3[N+](=O)[O-])cc2)cc1. The number of rotatable bonds is 7. The van der Waals surface area contributed by atoms with Crippen molar-refractivity contribution < 1.29 is 19.2 Å². The zero-order chi connectivity index (χ0) is 21.7. The van der Waals surface area contributed by atoms with E-state index in [1.807, 2.05) is 19.1 Å². The average Bonchev–Trinajstić information content (AvgIpc) is 2.75. The number of carbonyl (C=O) groups is 2. The minimum Gasteiger partial charge on any atom is -0.483 e. The van der Waals surface area contributed by atoms with Gasteiger partial charge >= 0.3 is 0 Å². The van der Waals surface area contributed by atoms with Crippen LogP contribution < -0.4 is 10.1 Å².